The number of halogens is 3. The van der Waals surface area contributed by atoms with Crippen molar-refractivity contribution in [3.8, 4) is 0 Å². The smallest absolute Gasteiger partial charge is 0.268 e. The van der Waals surface area contributed by atoms with Gasteiger partial charge in [0.05, 0.1) is 10.0 Å². The maximum absolute atomic E-state index is 13.0. The van der Waals surface area contributed by atoms with Gasteiger partial charge in [0.1, 0.15) is 0 Å². The van der Waals surface area contributed by atoms with Crippen molar-refractivity contribution < 1.29 is 13.6 Å². The highest BCUT2D eigenvalue weighted by Crippen LogP contribution is 2.20. The van der Waals surface area contributed by atoms with Crippen molar-refractivity contribution in [1.29, 1.82) is 0 Å². The maximum atomic E-state index is 13.0. The summed E-state index contributed by atoms with van der Waals surface area (Å²) >= 11 is 2.77. The Balaban J connectivity index is 3.26. The van der Waals surface area contributed by atoms with E-state index in [1.807, 2.05) is 0 Å². The Hall–Kier alpha value is -1.01. The summed E-state index contributed by atoms with van der Waals surface area (Å²) in [6.45, 7) is 0. The summed E-state index contributed by atoms with van der Waals surface area (Å²) in [5, 5.41) is 0. The summed E-state index contributed by atoms with van der Waals surface area (Å²) in [5.41, 5.74) is 1.28. The molecule has 13 heavy (non-hydrogen) atoms. The van der Waals surface area contributed by atoms with E-state index in [1.165, 1.54) is 6.07 Å². The van der Waals surface area contributed by atoms with E-state index < -0.39 is 23.1 Å². The summed E-state index contributed by atoms with van der Waals surface area (Å²) in [6.07, 6.45) is 0. The second-order valence-electron chi connectivity index (χ2n) is 2.20. The van der Waals surface area contributed by atoms with Crippen LogP contribution in [0, 0.1) is 11.6 Å². The Bertz CT molecular complexity index is 357. The van der Waals surface area contributed by atoms with Gasteiger partial charge in [-0.2, -0.15) is 0 Å². The number of rotatable bonds is 1. The largest absolute Gasteiger partial charge is 0.290 e. The molecule has 0 unspecified atom stereocenters. The van der Waals surface area contributed by atoms with Crippen molar-refractivity contribution in [2.24, 2.45) is 5.84 Å². The van der Waals surface area contributed by atoms with E-state index in [1.54, 1.807) is 5.43 Å². The molecule has 70 valence electrons. The van der Waals surface area contributed by atoms with Crippen molar-refractivity contribution in [2.75, 3.05) is 0 Å². The molecule has 1 rings (SSSR count). The summed E-state index contributed by atoms with van der Waals surface area (Å²) in [7, 11) is 0. The predicted molar refractivity (Wildman–Crippen MR) is 45.7 cm³/mol. The molecule has 0 bridgehead atoms. The first-order valence-electron chi connectivity index (χ1n) is 3.22. The van der Waals surface area contributed by atoms with Crippen LogP contribution in [0.25, 0.3) is 0 Å². The van der Waals surface area contributed by atoms with E-state index in [0.717, 1.165) is 6.07 Å². The van der Waals surface area contributed by atoms with Crippen LogP contribution in [0.4, 0.5) is 8.78 Å². The lowest BCUT2D eigenvalue weighted by Crippen LogP contribution is -2.30. The van der Waals surface area contributed by atoms with Gasteiger partial charge in [-0.25, -0.2) is 14.6 Å². The fourth-order valence-electron chi connectivity index (χ4n) is 0.779. The molecule has 0 radical (unpaired) electrons. The van der Waals surface area contributed by atoms with Crippen LogP contribution in [0.1, 0.15) is 10.4 Å². The van der Waals surface area contributed by atoms with Gasteiger partial charge < -0.3 is 0 Å². The van der Waals surface area contributed by atoms with Crippen LogP contribution < -0.4 is 11.3 Å². The van der Waals surface area contributed by atoms with E-state index in [4.69, 9.17) is 5.84 Å². The van der Waals surface area contributed by atoms with Gasteiger partial charge in [0.15, 0.2) is 11.6 Å². The normalized spacial score (nSPS) is 9.85. The lowest BCUT2D eigenvalue weighted by molar-refractivity contribution is 0.0948. The molecule has 0 atom stereocenters. The number of hydrogen-bond donors (Lipinski definition) is 2. The van der Waals surface area contributed by atoms with Crippen LogP contribution in [0.2, 0.25) is 0 Å². The van der Waals surface area contributed by atoms with Gasteiger partial charge in [0.25, 0.3) is 5.91 Å². The van der Waals surface area contributed by atoms with Gasteiger partial charge >= 0.3 is 0 Å². The van der Waals surface area contributed by atoms with E-state index in [9.17, 15) is 13.6 Å². The number of benzene rings is 1. The van der Waals surface area contributed by atoms with Crippen LogP contribution in [-0.4, -0.2) is 5.91 Å². The SMILES string of the molecule is NNC(=O)c1ccc(Br)c(F)c1F. The summed E-state index contributed by atoms with van der Waals surface area (Å²) in [5.74, 6) is 1.55. The zero-order chi connectivity index (χ0) is 10.0. The van der Waals surface area contributed by atoms with Gasteiger partial charge in [-0.1, -0.05) is 0 Å². The third-order valence-electron chi connectivity index (χ3n) is 1.41. The number of amides is 1. The second-order valence-corrected chi connectivity index (χ2v) is 3.05. The Morgan fingerprint density at radius 3 is 2.54 bits per heavy atom. The molecule has 0 saturated heterocycles. The Morgan fingerprint density at radius 1 is 1.38 bits per heavy atom. The van der Waals surface area contributed by atoms with Crippen LogP contribution in [0.3, 0.4) is 0 Å². The molecule has 3 N–H and O–H groups in total. The predicted octanol–water partition coefficient (Wildman–Crippen LogP) is 1.33. The third-order valence-corrected chi connectivity index (χ3v) is 2.02. The minimum Gasteiger partial charge on any atom is -0.290 e. The standard InChI is InChI=1S/C7H5BrF2N2O/c8-4-2-1-3(7(13)12-11)5(9)6(4)10/h1-2H,11H2,(H,12,13). The number of hydrogen-bond acceptors (Lipinski definition) is 2. The summed E-state index contributed by atoms with van der Waals surface area (Å²) < 4.78 is 25.8. The van der Waals surface area contributed by atoms with Crippen LogP contribution in [0.5, 0.6) is 0 Å². The molecule has 0 aromatic heterocycles. The first kappa shape index (κ1) is 10.1. The van der Waals surface area contributed by atoms with E-state index in [0.29, 0.717) is 0 Å². The molecule has 1 aromatic carbocycles. The summed E-state index contributed by atoms with van der Waals surface area (Å²) in [4.78, 5) is 10.8. The monoisotopic (exact) mass is 250 g/mol. The molecule has 1 amide bonds. The quantitative estimate of drug-likeness (QED) is 0.342. The zero-order valence-electron chi connectivity index (χ0n) is 6.27. The van der Waals surface area contributed by atoms with Gasteiger partial charge in [0.2, 0.25) is 0 Å². The Morgan fingerprint density at radius 2 is 2.00 bits per heavy atom. The molecule has 0 aliphatic carbocycles. The van der Waals surface area contributed by atoms with Gasteiger partial charge in [-0.05, 0) is 28.1 Å². The molecular weight excluding hydrogens is 246 g/mol. The van der Waals surface area contributed by atoms with Crippen LogP contribution in [0.15, 0.2) is 16.6 Å². The average molecular weight is 251 g/mol. The van der Waals surface area contributed by atoms with E-state index in [2.05, 4.69) is 15.9 Å². The van der Waals surface area contributed by atoms with Crippen molar-refractivity contribution in [2.45, 2.75) is 0 Å². The Kier molecular flexibility index (Phi) is 2.94. The van der Waals surface area contributed by atoms with Crippen molar-refractivity contribution in [1.82, 2.24) is 5.43 Å². The first-order valence-corrected chi connectivity index (χ1v) is 4.01. The fraction of sp³-hybridized carbons (Fsp3) is 0. The highest BCUT2D eigenvalue weighted by atomic mass is 79.9. The molecule has 0 aliphatic rings. The number of carbonyl (C=O) groups is 1. The molecule has 0 fully saturated rings. The Labute approximate surface area is 81.0 Å². The maximum Gasteiger partial charge on any atom is 0.268 e. The topological polar surface area (TPSA) is 55.1 Å². The number of nitrogens with two attached hydrogens (primary N) is 1. The van der Waals surface area contributed by atoms with Gasteiger partial charge in [0, 0.05) is 0 Å². The first-order chi connectivity index (χ1) is 6.07. The minimum absolute atomic E-state index is 0.0430. The highest BCUT2D eigenvalue weighted by molar-refractivity contribution is 9.10. The van der Waals surface area contributed by atoms with Crippen molar-refractivity contribution in [3.63, 3.8) is 0 Å². The third kappa shape index (κ3) is 1.84. The molecule has 3 nitrogen and oxygen atoms in total. The summed E-state index contributed by atoms with van der Waals surface area (Å²) in [6, 6.07) is 2.35. The molecule has 0 spiro atoms. The molecule has 0 aliphatic heterocycles. The molecule has 1 aromatic rings. The highest BCUT2D eigenvalue weighted by Gasteiger charge is 2.16. The average Bonchev–Trinajstić information content (AvgIpc) is 2.13. The zero-order valence-corrected chi connectivity index (χ0v) is 7.86. The van der Waals surface area contributed by atoms with Crippen molar-refractivity contribution >= 4 is 21.8 Å². The van der Waals surface area contributed by atoms with Crippen LogP contribution >= 0.6 is 15.9 Å². The molecule has 0 heterocycles. The number of carbonyl (C=O) groups excluding carboxylic acids is 1. The lowest BCUT2D eigenvalue weighted by atomic mass is 10.2. The molecular formula is C7H5BrF2N2O. The van der Waals surface area contributed by atoms with Gasteiger partial charge in [-0.15, -0.1) is 0 Å². The number of nitrogens with one attached hydrogen (secondary N) is 1. The molecule has 6 heteroatoms. The van der Waals surface area contributed by atoms with E-state index >= 15 is 0 Å². The van der Waals surface area contributed by atoms with Crippen molar-refractivity contribution in [3.05, 3.63) is 33.8 Å². The number of hydrazine groups is 1. The lowest BCUT2D eigenvalue weighted by Gasteiger charge is -2.02. The number of nitrogen functional groups attached to an aromatic ring is 1. The van der Waals surface area contributed by atoms with Gasteiger partial charge in [-0.3, -0.25) is 10.2 Å². The van der Waals surface area contributed by atoms with Crippen LogP contribution in [-0.2, 0) is 0 Å². The minimum atomic E-state index is -1.22. The van der Waals surface area contributed by atoms with E-state index in [-0.39, 0.29) is 4.47 Å². The molecule has 0 saturated carbocycles. The fourth-order valence-corrected chi connectivity index (χ4v) is 1.09. The second kappa shape index (κ2) is 3.80.